The Kier molecular flexibility index (Phi) is 4.82. The van der Waals surface area contributed by atoms with E-state index in [2.05, 4.69) is 21.9 Å². The van der Waals surface area contributed by atoms with Crippen LogP contribution in [-0.2, 0) is 9.53 Å². The number of aryl methyl sites for hydroxylation is 1. The van der Waals surface area contributed by atoms with Gasteiger partial charge in [-0.15, -0.1) is 0 Å². The van der Waals surface area contributed by atoms with Crippen LogP contribution in [0.15, 0.2) is 4.52 Å². The van der Waals surface area contributed by atoms with E-state index in [1.807, 2.05) is 0 Å². The van der Waals surface area contributed by atoms with Gasteiger partial charge in [-0.3, -0.25) is 4.79 Å². The molecule has 1 aliphatic carbocycles. The Balaban J connectivity index is 1.78. The summed E-state index contributed by atoms with van der Waals surface area (Å²) in [6.45, 7) is 3.47. The van der Waals surface area contributed by atoms with Gasteiger partial charge in [0.2, 0.25) is 5.88 Å². The number of hydrogen-bond donors (Lipinski definition) is 2. The Labute approximate surface area is 123 Å². The van der Waals surface area contributed by atoms with Crippen LogP contribution in [0.25, 0.3) is 0 Å². The highest BCUT2D eigenvalue weighted by Gasteiger charge is 2.23. The third-order valence-corrected chi connectivity index (χ3v) is 3.81. The van der Waals surface area contributed by atoms with Crippen molar-refractivity contribution >= 4 is 17.8 Å². The number of nitrogens with one attached hydrogen (secondary N) is 1. The van der Waals surface area contributed by atoms with Gasteiger partial charge in [-0.25, -0.2) is 4.79 Å². The van der Waals surface area contributed by atoms with E-state index in [-0.39, 0.29) is 30.0 Å². The van der Waals surface area contributed by atoms with Crippen LogP contribution in [0.3, 0.4) is 0 Å². The van der Waals surface area contributed by atoms with Crippen LogP contribution in [0.4, 0.5) is 5.88 Å². The highest BCUT2D eigenvalue weighted by molar-refractivity contribution is 5.96. The maximum atomic E-state index is 11.8. The van der Waals surface area contributed by atoms with Gasteiger partial charge in [0, 0.05) is 6.04 Å². The lowest BCUT2D eigenvalue weighted by Gasteiger charge is -2.26. The van der Waals surface area contributed by atoms with Gasteiger partial charge in [-0.1, -0.05) is 12.1 Å². The van der Waals surface area contributed by atoms with E-state index in [1.54, 1.807) is 6.92 Å². The maximum Gasteiger partial charge on any atom is 0.346 e. The van der Waals surface area contributed by atoms with E-state index in [1.165, 1.54) is 0 Å². The van der Waals surface area contributed by atoms with Crippen LogP contribution in [0.2, 0.25) is 0 Å². The normalized spacial score (nSPS) is 21.8. The van der Waals surface area contributed by atoms with Crippen molar-refractivity contribution in [3.05, 3.63) is 11.3 Å². The van der Waals surface area contributed by atoms with Gasteiger partial charge >= 0.3 is 5.97 Å². The molecule has 0 aromatic carbocycles. The van der Waals surface area contributed by atoms with Crippen molar-refractivity contribution in [3.63, 3.8) is 0 Å². The molecule has 116 valence electrons. The lowest BCUT2D eigenvalue weighted by molar-refractivity contribution is -0.125. The third kappa shape index (κ3) is 3.96. The Morgan fingerprint density at radius 2 is 2.05 bits per heavy atom. The van der Waals surface area contributed by atoms with Crippen LogP contribution in [-0.4, -0.2) is 29.7 Å². The number of amides is 1. The molecule has 0 saturated heterocycles. The molecule has 3 N–H and O–H groups in total. The number of hydrogen-bond acceptors (Lipinski definition) is 6. The topological polar surface area (TPSA) is 107 Å². The largest absolute Gasteiger partial charge is 0.452 e. The second-order valence-corrected chi connectivity index (χ2v) is 5.61. The first-order valence-electron chi connectivity index (χ1n) is 7.15. The summed E-state index contributed by atoms with van der Waals surface area (Å²) in [7, 11) is 0. The zero-order valence-corrected chi connectivity index (χ0v) is 12.3. The quantitative estimate of drug-likeness (QED) is 0.813. The molecule has 7 nitrogen and oxygen atoms in total. The summed E-state index contributed by atoms with van der Waals surface area (Å²) in [5.41, 5.74) is 5.91. The maximum absolute atomic E-state index is 11.8. The van der Waals surface area contributed by atoms with Crippen molar-refractivity contribution in [2.45, 2.75) is 45.6 Å². The fraction of sp³-hybridized carbons (Fsp3) is 0.643. The Hall–Kier alpha value is -2.05. The predicted octanol–water partition coefficient (Wildman–Crippen LogP) is 1.42. The van der Waals surface area contributed by atoms with E-state index in [9.17, 15) is 9.59 Å². The number of rotatable bonds is 4. The first-order valence-corrected chi connectivity index (χ1v) is 7.15. The van der Waals surface area contributed by atoms with E-state index in [0.717, 1.165) is 31.6 Å². The summed E-state index contributed by atoms with van der Waals surface area (Å²) in [5.74, 6) is -0.371. The second-order valence-electron chi connectivity index (χ2n) is 5.61. The number of nitrogens with zero attached hydrogens (tertiary/aromatic N) is 1. The van der Waals surface area contributed by atoms with Crippen molar-refractivity contribution in [1.82, 2.24) is 10.5 Å². The van der Waals surface area contributed by atoms with Crippen molar-refractivity contribution in [2.75, 3.05) is 12.3 Å². The van der Waals surface area contributed by atoms with Gasteiger partial charge in [0.25, 0.3) is 5.91 Å². The molecule has 0 aliphatic heterocycles. The summed E-state index contributed by atoms with van der Waals surface area (Å²) < 4.78 is 9.62. The number of aromatic nitrogens is 1. The standard InChI is InChI=1S/C14H21N3O4/c1-8-3-5-10(6-4-8)16-11(18)7-20-14(19)12-9(2)17-21-13(12)15/h8,10H,3-7,15H2,1-2H3,(H,16,18). The third-order valence-electron chi connectivity index (χ3n) is 3.81. The van der Waals surface area contributed by atoms with Crippen LogP contribution < -0.4 is 11.1 Å². The molecule has 21 heavy (non-hydrogen) atoms. The van der Waals surface area contributed by atoms with Gasteiger partial charge in [0.1, 0.15) is 5.56 Å². The molecular formula is C14H21N3O4. The highest BCUT2D eigenvalue weighted by Crippen LogP contribution is 2.23. The summed E-state index contributed by atoms with van der Waals surface area (Å²) in [5, 5.41) is 6.45. The van der Waals surface area contributed by atoms with Gasteiger partial charge in [-0.2, -0.15) is 0 Å². The Bertz CT molecular complexity index is 499. The van der Waals surface area contributed by atoms with Gasteiger partial charge in [0.05, 0.1) is 5.69 Å². The number of ether oxygens (including phenoxy) is 1. The summed E-state index contributed by atoms with van der Waals surface area (Å²) >= 11 is 0. The highest BCUT2D eigenvalue weighted by atomic mass is 16.5. The zero-order chi connectivity index (χ0) is 15.4. The molecule has 0 atom stereocenters. The molecule has 0 radical (unpaired) electrons. The van der Waals surface area contributed by atoms with Gasteiger partial charge in [0.15, 0.2) is 6.61 Å². The number of nitrogen functional groups attached to an aromatic ring is 1. The molecule has 1 saturated carbocycles. The van der Waals surface area contributed by atoms with Crippen molar-refractivity contribution in [2.24, 2.45) is 5.92 Å². The lowest BCUT2D eigenvalue weighted by atomic mass is 9.87. The monoisotopic (exact) mass is 295 g/mol. The number of esters is 1. The molecule has 0 unspecified atom stereocenters. The minimum atomic E-state index is -0.696. The van der Waals surface area contributed by atoms with E-state index < -0.39 is 5.97 Å². The average molecular weight is 295 g/mol. The average Bonchev–Trinajstić information content (AvgIpc) is 2.78. The molecule has 1 aromatic rings. The first kappa shape index (κ1) is 15.3. The molecule has 0 bridgehead atoms. The van der Waals surface area contributed by atoms with E-state index >= 15 is 0 Å². The molecule has 7 heteroatoms. The smallest absolute Gasteiger partial charge is 0.346 e. The number of carbonyl (C=O) groups excluding carboxylic acids is 2. The van der Waals surface area contributed by atoms with Crippen molar-refractivity contribution < 1.29 is 18.8 Å². The first-order chi connectivity index (χ1) is 9.97. The van der Waals surface area contributed by atoms with E-state index in [4.69, 9.17) is 10.5 Å². The van der Waals surface area contributed by atoms with Gasteiger partial charge < -0.3 is 20.3 Å². The molecule has 1 aliphatic rings. The summed E-state index contributed by atoms with van der Waals surface area (Å²) in [6.07, 6.45) is 4.17. The summed E-state index contributed by atoms with van der Waals surface area (Å²) in [6, 6.07) is 0.176. The van der Waals surface area contributed by atoms with Crippen LogP contribution in [0.1, 0.15) is 48.7 Å². The van der Waals surface area contributed by atoms with Gasteiger partial charge in [-0.05, 0) is 38.5 Å². The fourth-order valence-electron chi connectivity index (χ4n) is 2.51. The fourth-order valence-corrected chi connectivity index (χ4v) is 2.51. The molecule has 1 heterocycles. The molecule has 1 amide bonds. The number of anilines is 1. The lowest BCUT2D eigenvalue weighted by Crippen LogP contribution is -2.39. The van der Waals surface area contributed by atoms with Crippen molar-refractivity contribution in [3.8, 4) is 0 Å². The van der Waals surface area contributed by atoms with Crippen molar-refractivity contribution in [1.29, 1.82) is 0 Å². The molecule has 1 aromatic heterocycles. The number of nitrogens with two attached hydrogens (primary N) is 1. The van der Waals surface area contributed by atoms with Crippen LogP contribution in [0, 0.1) is 12.8 Å². The predicted molar refractivity (Wildman–Crippen MR) is 75.5 cm³/mol. The zero-order valence-electron chi connectivity index (χ0n) is 12.3. The number of carbonyl (C=O) groups is 2. The molecule has 0 spiro atoms. The molecular weight excluding hydrogens is 274 g/mol. The Morgan fingerprint density at radius 3 is 2.62 bits per heavy atom. The van der Waals surface area contributed by atoms with Crippen LogP contribution in [0.5, 0.6) is 0 Å². The second kappa shape index (κ2) is 6.60. The Morgan fingerprint density at radius 1 is 1.38 bits per heavy atom. The SMILES string of the molecule is Cc1noc(N)c1C(=O)OCC(=O)NC1CCC(C)CC1. The minimum absolute atomic E-state index is 0.0780. The summed E-state index contributed by atoms with van der Waals surface area (Å²) in [4.78, 5) is 23.6. The molecule has 2 rings (SSSR count). The molecule has 1 fully saturated rings. The van der Waals surface area contributed by atoms with Crippen LogP contribution >= 0.6 is 0 Å². The minimum Gasteiger partial charge on any atom is -0.452 e. The van der Waals surface area contributed by atoms with E-state index in [0.29, 0.717) is 5.69 Å².